The van der Waals surface area contributed by atoms with E-state index < -0.39 is 0 Å². The standard InChI is InChI=1S/C16H21ClN4O/c1-3-14(11-21-9-8-18-12-21)19-16(22)20(2)10-13-6-4-5-7-15(13)17/h4-9,12,14H,3,10-11H2,1-2H3,(H,19,22)/t14-/m0/s1. The normalized spacial score (nSPS) is 12.0. The molecule has 1 aromatic carbocycles. The molecule has 0 aliphatic heterocycles. The summed E-state index contributed by atoms with van der Waals surface area (Å²) in [5.41, 5.74) is 0.935. The third-order valence-electron chi connectivity index (χ3n) is 3.52. The molecule has 1 atom stereocenters. The summed E-state index contributed by atoms with van der Waals surface area (Å²) in [5, 5.41) is 3.71. The Morgan fingerprint density at radius 1 is 1.45 bits per heavy atom. The zero-order valence-corrected chi connectivity index (χ0v) is 13.6. The molecular formula is C16H21ClN4O. The molecule has 2 amide bonds. The first-order valence-electron chi connectivity index (χ1n) is 7.31. The van der Waals surface area contributed by atoms with E-state index in [1.807, 2.05) is 35.0 Å². The van der Waals surface area contributed by atoms with Crippen molar-refractivity contribution in [2.75, 3.05) is 7.05 Å². The molecule has 1 N–H and O–H groups in total. The summed E-state index contributed by atoms with van der Waals surface area (Å²) in [5.74, 6) is 0. The third-order valence-corrected chi connectivity index (χ3v) is 3.89. The molecular weight excluding hydrogens is 300 g/mol. The van der Waals surface area contributed by atoms with Gasteiger partial charge < -0.3 is 14.8 Å². The number of nitrogens with one attached hydrogen (secondary N) is 1. The molecule has 0 spiro atoms. The predicted octanol–water partition coefficient (Wildman–Crippen LogP) is 3.16. The van der Waals surface area contributed by atoms with Crippen LogP contribution in [0.1, 0.15) is 18.9 Å². The SMILES string of the molecule is CC[C@@H](Cn1ccnc1)NC(=O)N(C)Cc1ccccc1Cl. The van der Waals surface area contributed by atoms with E-state index in [0.29, 0.717) is 18.1 Å². The van der Waals surface area contributed by atoms with Crippen molar-refractivity contribution < 1.29 is 4.79 Å². The van der Waals surface area contributed by atoms with Crippen LogP contribution in [0.2, 0.25) is 5.02 Å². The maximum Gasteiger partial charge on any atom is 0.317 e. The lowest BCUT2D eigenvalue weighted by molar-refractivity contribution is 0.200. The lowest BCUT2D eigenvalue weighted by atomic mass is 10.2. The second-order valence-corrected chi connectivity index (χ2v) is 5.67. The fourth-order valence-electron chi connectivity index (χ4n) is 2.16. The Hall–Kier alpha value is -2.01. The molecule has 0 aliphatic carbocycles. The molecule has 0 saturated heterocycles. The smallest absolute Gasteiger partial charge is 0.317 e. The summed E-state index contributed by atoms with van der Waals surface area (Å²) in [6.07, 6.45) is 6.23. The van der Waals surface area contributed by atoms with Crippen LogP contribution in [0.15, 0.2) is 43.0 Å². The average molecular weight is 321 g/mol. The van der Waals surface area contributed by atoms with Gasteiger partial charge in [-0.3, -0.25) is 0 Å². The molecule has 2 rings (SSSR count). The van der Waals surface area contributed by atoms with Crippen LogP contribution in [-0.2, 0) is 13.1 Å². The Labute approximate surface area is 135 Å². The lowest BCUT2D eigenvalue weighted by Gasteiger charge is -2.23. The van der Waals surface area contributed by atoms with Crippen LogP contribution in [0.25, 0.3) is 0 Å². The molecule has 0 aliphatic rings. The highest BCUT2D eigenvalue weighted by molar-refractivity contribution is 6.31. The van der Waals surface area contributed by atoms with Gasteiger partial charge >= 0.3 is 6.03 Å². The number of rotatable bonds is 6. The Morgan fingerprint density at radius 2 is 2.23 bits per heavy atom. The van der Waals surface area contributed by atoms with Gasteiger partial charge in [0.1, 0.15) is 0 Å². The Kier molecular flexibility index (Phi) is 5.83. The molecule has 118 valence electrons. The largest absolute Gasteiger partial charge is 0.335 e. The van der Waals surface area contributed by atoms with Gasteiger partial charge in [-0.2, -0.15) is 0 Å². The number of hydrogen-bond acceptors (Lipinski definition) is 2. The number of nitrogens with zero attached hydrogens (tertiary/aromatic N) is 3. The van der Waals surface area contributed by atoms with Crippen LogP contribution in [0.3, 0.4) is 0 Å². The number of benzene rings is 1. The lowest BCUT2D eigenvalue weighted by Crippen LogP contribution is -2.44. The highest BCUT2D eigenvalue weighted by Gasteiger charge is 2.15. The van der Waals surface area contributed by atoms with Crippen molar-refractivity contribution >= 4 is 17.6 Å². The molecule has 0 bridgehead atoms. The summed E-state index contributed by atoms with van der Waals surface area (Å²) in [7, 11) is 1.77. The minimum absolute atomic E-state index is 0.0652. The average Bonchev–Trinajstić information content (AvgIpc) is 3.01. The van der Waals surface area contributed by atoms with Crippen LogP contribution >= 0.6 is 11.6 Å². The minimum Gasteiger partial charge on any atom is -0.335 e. The molecule has 0 fully saturated rings. The van der Waals surface area contributed by atoms with Crippen molar-refractivity contribution in [2.24, 2.45) is 0 Å². The van der Waals surface area contributed by atoms with E-state index in [9.17, 15) is 4.79 Å². The summed E-state index contributed by atoms with van der Waals surface area (Å²) >= 11 is 6.13. The van der Waals surface area contributed by atoms with E-state index >= 15 is 0 Å². The minimum atomic E-state index is -0.105. The van der Waals surface area contributed by atoms with E-state index in [1.165, 1.54) is 0 Å². The number of aromatic nitrogens is 2. The van der Waals surface area contributed by atoms with Crippen molar-refractivity contribution in [3.8, 4) is 0 Å². The van der Waals surface area contributed by atoms with Gasteiger partial charge in [0.2, 0.25) is 0 Å². The van der Waals surface area contributed by atoms with Crippen molar-refractivity contribution in [2.45, 2.75) is 32.5 Å². The van der Waals surface area contributed by atoms with E-state index in [-0.39, 0.29) is 12.1 Å². The summed E-state index contributed by atoms with van der Waals surface area (Å²) in [6, 6.07) is 7.51. The van der Waals surface area contributed by atoms with E-state index in [4.69, 9.17) is 11.6 Å². The molecule has 1 aromatic heterocycles. The van der Waals surface area contributed by atoms with Gasteiger partial charge in [-0.05, 0) is 18.1 Å². The van der Waals surface area contributed by atoms with Crippen LogP contribution in [0, 0.1) is 0 Å². The Morgan fingerprint density at radius 3 is 2.86 bits per heavy atom. The number of carbonyl (C=O) groups is 1. The van der Waals surface area contributed by atoms with Crippen molar-refractivity contribution in [1.82, 2.24) is 19.8 Å². The molecule has 5 nitrogen and oxygen atoms in total. The number of amides is 2. The van der Waals surface area contributed by atoms with Crippen molar-refractivity contribution in [3.05, 3.63) is 53.6 Å². The van der Waals surface area contributed by atoms with Gasteiger partial charge in [-0.25, -0.2) is 9.78 Å². The molecule has 1 heterocycles. The van der Waals surface area contributed by atoms with Crippen LogP contribution in [0.5, 0.6) is 0 Å². The second kappa shape index (κ2) is 7.84. The van der Waals surface area contributed by atoms with E-state index in [0.717, 1.165) is 12.0 Å². The molecule has 6 heteroatoms. The molecule has 0 unspecified atom stereocenters. The van der Waals surface area contributed by atoms with Gasteiger partial charge in [0.25, 0.3) is 0 Å². The highest BCUT2D eigenvalue weighted by atomic mass is 35.5. The highest BCUT2D eigenvalue weighted by Crippen LogP contribution is 2.16. The number of urea groups is 1. The monoisotopic (exact) mass is 320 g/mol. The predicted molar refractivity (Wildman–Crippen MR) is 87.8 cm³/mol. The van der Waals surface area contributed by atoms with Crippen LogP contribution in [-0.4, -0.2) is 33.6 Å². The first-order valence-corrected chi connectivity index (χ1v) is 7.68. The van der Waals surface area contributed by atoms with Gasteiger partial charge in [0.15, 0.2) is 0 Å². The maximum atomic E-state index is 12.3. The van der Waals surface area contributed by atoms with Gasteiger partial charge in [0, 0.05) is 43.6 Å². The molecule has 0 radical (unpaired) electrons. The number of halogens is 1. The fraction of sp³-hybridized carbons (Fsp3) is 0.375. The quantitative estimate of drug-likeness (QED) is 0.889. The number of hydrogen-bond donors (Lipinski definition) is 1. The molecule has 22 heavy (non-hydrogen) atoms. The first kappa shape index (κ1) is 16.4. The van der Waals surface area contributed by atoms with E-state index in [2.05, 4.69) is 17.2 Å². The van der Waals surface area contributed by atoms with Gasteiger partial charge in [0.05, 0.1) is 6.33 Å². The third kappa shape index (κ3) is 4.49. The summed E-state index contributed by atoms with van der Waals surface area (Å²) < 4.78 is 1.96. The van der Waals surface area contributed by atoms with Crippen LogP contribution < -0.4 is 5.32 Å². The second-order valence-electron chi connectivity index (χ2n) is 5.26. The van der Waals surface area contributed by atoms with Gasteiger partial charge in [-0.1, -0.05) is 36.7 Å². The topological polar surface area (TPSA) is 50.2 Å². The van der Waals surface area contributed by atoms with Crippen LogP contribution in [0.4, 0.5) is 4.79 Å². The molecule has 2 aromatic rings. The fourth-order valence-corrected chi connectivity index (χ4v) is 2.36. The Bertz CT molecular complexity index is 600. The van der Waals surface area contributed by atoms with Crippen molar-refractivity contribution in [3.63, 3.8) is 0 Å². The zero-order chi connectivity index (χ0) is 15.9. The summed E-state index contributed by atoms with van der Waals surface area (Å²) in [4.78, 5) is 18.0. The number of imidazole rings is 1. The zero-order valence-electron chi connectivity index (χ0n) is 12.9. The Balaban J connectivity index is 1.91. The summed E-state index contributed by atoms with van der Waals surface area (Å²) in [6.45, 7) is 3.24. The van der Waals surface area contributed by atoms with Gasteiger partial charge in [-0.15, -0.1) is 0 Å². The van der Waals surface area contributed by atoms with E-state index in [1.54, 1.807) is 24.5 Å². The maximum absolute atomic E-state index is 12.3. The number of carbonyl (C=O) groups excluding carboxylic acids is 1. The van der Waals surface area contributed by atoms with Crippen molar-refractivity contribution in [1.29, 1.82) is 0 Å². The molecule has 0 saturated carbocycles. The first-order chi connectivity index (χ1) is 10.6.